The van der Waals surface area contributed by atoms with Crippen LogP contribution in [0.1, 0.15) is 107 Å². The van der Waals surface area contributed by atoms with Crippen LogP contribution in [0.3, 0.4) is 0 Å². The molecule has 0 fully saturated rings. The Morgan fingerprint density at radius 1 is 0.375 bits per heavy atom. The molecule has 0 aliphatic carbocycles. The molecule has 2 heterocycles. The molecule has 1 aromatic heterocycles. The standard InChI is InChI=1S/C15H15N.C13H11N.C13H13N.6C2H6/c1-11-12-7-3-5-9-14(12)16(2)15-10-6-4-8-13(11)15;1-14-12-8-4-2-6-10(12)11-7-3-5-9-13(11)14;1-14(12-8-4-2-5-9-12)13-10-6-3-7-11-13;6*1-2/h3-11H,1-2H3;2-9H,1H3;2-11H,1H3;6*1-2H3. The average molecular weight is 754 g/mol. The first kappa shape index (κ1) is 50.7. The predicted molar refractivity (Wildman–Crippen MR) is 258 cm³/mol. The fraction of sp³-hybridized carbons (Fsp3) is 0.321. The molecule has 1 aliphatic heterocycles. The third-order valence-electron chi connectivity index (χ3n) is 8.64. The Labute approximate surface area is 343 Å². The van der Waals surface area contributed by atoms with Gasteiger partial charge in [0.25, 0.3) is 0 Å². The van der Waals surface area contributed by atoms with Gasteiger partial charge in [0.1, 0.15) is 0 Å². The Bertz CT molecular complexity index is 1790. The van der Waals surface area contributed by atoms with Crippen molar-refractivity contribution in [3.8, 4) is 0 Å². The SMILES string of the molecule is CC.CC.CC.CC.CC.CC.CC1c2ccccc2N(C)c2ccccc21.CN(c1ccccc1)c1ccccc1.Cn1c2ccccc2c2ccccc21. The molecule has 3 heteroatoms. The zero-order valence-electron chi connectivity index (χ0n) is 37.9. The van der Waals surface area contributed by atoms with Gasteiger partial charge in [-0.25, -0.2) is 0 Å². The smallest absolute Gasteiger partial charge is 0.0488 e. The molecule has 0 bridgehead atoms. The van der Waals surface area contributed by atoms with Gasteiger partial charge in [0.2, 0.25) is 0 Å². The Hall–Kier alpha value is -5.28. The van der Waals surface area contributed by atoms with Crippen LogP contribution in [0, 0.1) is 0 Å². The van der Waals surface area contributed by atoms with Crippen LogP contribution in [-0.4, -0.2) is 18.7 Å². The highest BCUT2D eigenvalue weighted by Gasteiger charge is 2.24. The Morgan fingerprint density at radius 2 is 0.661 bits per heavy atom. The molecule has 3 nitrogen and oxygen atoms in total. The lowest BCUT2D eigenvalue weighted by atomic mass is 9.86. The number of fused-ring (bicyclic) bond motifs is 5. The lowest BCUT2D eigenvalue weighted by molar-refractivity contribution is 0.882. The summed E-state index contributed by atoms with van der Waals surface area (Å²) >= 11 is 0. The first-order chi connectivity index (χ1) is 27.5. The fourth-order valence-electron chi connectivity index (χ4n) is 6.19. The molecule has 0 atom stereocenters. The van der Waals surface area contributed by atoms with E-state index in [1.54, 1.807) is 0 Å². The summed E-state index contributed by atoms with van der Waals surface area (Å²) < 4.78 is 2.24. The molecule has 7 aromatic rings. The maximum absolute atomic E-state index is 2.28. The fourth-order valence-corrected chi connectivity index (χ4v) is 6.19. The molecule has 302 valence electrons. The van der Waals surface area contributed by atoms with E-state index in [1.165, 1.54) is 55.7 Å². The van der Waals surface area contributed by atoms with Gasteiger partial charge in [0, 0.05) is 71.6 Å². The maximum atomic E-state index is 2.28. The topological polar surface area (TPSA) is 11.4 Å². The van der Waals surface area contributed by atoms with Crippen molar-refractivity contribution in [1.82, 2.24) is 4.57 Å². The number of hydrogen-bond donors (Lipinski definition) is 0. The Morgan fingerprint density at radius 3 is 1.02 bits per heavy atom. The van der Waals surface area contributed by atoms with Crippen molar-refractivity contribution in [3.63, 3.8) is 0 Å². The summed E-state index contributed by atoms with van der Waals surface area (Å²) in [6.07, 6.45) is 0. The van der Waals surface area contributed by atoms with E-state index in [2.05, 4.69) is 188 Å². The number of hydrogen-bond acceptors (Lipinski definition) is 2. The highest BCUT2D eigenvalue weighted by atomic mass is 15.1. The maximum Gasteiger partial charge on any atom is 0.0488 e. The molecule has 6 aromatic carbocycles. The van der Waals surface area contributed by atoms with Gasteiger partial charge >= 0.3 is 0 Å². The number of aryl methyl sites for hydroxylation is 1. The minimum absolute atomic E-state index is 0.489. The van der Waals surface area contributed by atoms with Crippen molar-refractivity contribution in [2.45, 2.75) is 95.9 Å². The Balaban J connectivity index is 0.000000715. The van der Waals surface area contributed by atoms with Crippen LogP contribution >= 0.6 is 0 Å². The Kier molecular flexibility index (Phi) is 27.2. The summed E-state index contributed by atoms with van der Waals surface area (Å²) in [4.78, 5) is 4.45. The molecule has 56 heavy (non-hydrogen) atoms. The molecule has 0 radical (unpaired) electrons. The summed E-state index contributed by atoms with van der Waals surface area (Å²) in [7, 11) is 6.33. The van der Waals surface area contributed by atoms with E-state index in [9.17, 15) is 0 Å². The molecule has 0 saturated carbocycles. The van der Waals surface area contributed by atoms with Gasteiger partial charge in [-0.3, -0.25) is 0 Å². The summed E-state index contributed by atoms with van der Waals surface area (Å²) in [5, 5.41) is 2.68. The van der Waals surface area contributed by atoms with E-state index in [1.807, 2.05) is 95.2 Å². The van der Waals surface area contributed by atoms with Crippen LogP contribution in [0.15, 0.2) is 158 Å². The number of nitrogens with zero attached hydrogens (tertiary/aromatic N) is 3. The highest BCUT2D eigenvalue weighted by Crippen LogP contribution is 2.43. The molecular formula is C53H75N3. The molecular weight excluding hydrogens is 679 g/mol. The first-order valence-corrected chi connectivity index (χ1v) is 21.2. The molecule has 0 spiro atoms. The molecule has 0 N–H and O–H groups in total. The van der Waals surface area contributed by atoms with E-state index in [4.69, 9.17) is 0 Å². The molecule has 0 amide bonds. The second-order valence-electron chi connectivity index (χ2n) is 11.2. The highest BCUT2D eigenvalue weighted by molar-refractivity contribution is 6.07. The van der Waals surface area contributed by atoms with Gasteiger partial charge < -0.3 is 14.4 Å². The van der Waals surface area contributed by atoms with E-state index in [0.717, 1.165) is 0 Å². The van der Waals surface area contributed by atoms with Gasteiger partial charge in [-0.05, 0) is 59.7 Å². The minimum Gasteiger partial charge on any atom is -0.345 e. The predicted octanol–water partition coefficient (Wildman–Crippen LogP) is 16.9. The van der Waals surface area contributed by atoms with Crippen molar-refractivity contribution < 1.29 is 0 Å². The van der Waals surface area contributed by atoms with Crippen LogP contribution in [-0.2, 0) is 7.05 Å². The lowest BCUT2D eigenvalue weighted by Crippen LogP contribution is -2.20. The first-order valence-electron chi connectivity index (χ1n) is 21.2. The van der Waals surface area contributed by atoms with E-state index in [-0.39, 0.29) is 0 Å². The second-order valence-corrected chi connectivity index (χ2v) is 11.2. The van der Waals surface area contributed by atoms with Crippen molar-refractivity contribution in [2.24, 2.45) is 7.05 Å². The van der Waals surface area contributed by atoms with Crippen LogP contribution in [0.2, 0.25) is 0 Å². The van der Waals surface area contributed by atoms with Gasteiger partial charge in [-0.2, -0.15) is 0 Å². The minimum atomic E-state index is 0.489. The van der Waals surface area contributed by atoms with Crippen LogP contribution in [0.5, 0.6) is 0 Å². The monoisotopic (exact) mass is 754 g/mol. The second kappa shape index (κ2) is 30.0. The third-order valence-corrected chi connectivity index (χ3v) is 8.64. The quantitative estimate of drug-likeness (QED) is 0.174. The summed E-state index contributed by atoms with van der Waals surface area (Å²) in [6, 6.07) is 55.0. The number of aromatic nitrogens is 1. The van der Waals surface area contributed by atoms with Crippen molar-refractivity contribution in [3.05, 3.63) is 169 Å². The lowest BCUT2D eigenvalue weighted by Gasteiger charge is -2.33. The zero-order valence-corrected chi connectivity index (χ0v) is 37.9. The van der Waals surface area contributed by atoms with Gasteiger partial charge in [0.05, 0.1) is 0 Å². The summed E-state index contributed by atoms with van der Waals surface area (Å²) in [5.74, 6) is 0.489. The van der Waals surface area contributed by atoms with Crippen molar-refractivity contribution in [2.75, 3.05) is 23.9 Å². The van der Waals surface area contributed by atoms with Crippen LogP contribution in [0.4, 0.5) is 22.7 Å². The molecule has 1 aliphatic rings. The number of benzene rings is 6. The summed E-state index contributed by atoms with van der Waals surface area (Å²) in [5.41, 5.74) is 10.5. The van der Waals surface area contributed by atoms with Gasteiger partial charge in [-0.1, -0.05) is 199 Å². The zero-order chi connectivity index (χ0) is 42.5. The van der Waals surface area contributed by atoms with Gasteiger partial charge in [0.15, 0.2) is 0 Å². The summed E-state index contributed by atoms with van der Waals surface area (Å²) in [6.45, 7) is 26.3. The largest absolute Gasteiger partial charge is 0.345 e. The van der Waals surface area contributed by atoms with E-state index < -0.39 is 0 Å². The average Bonchev–Trinajstić information content (AvgIpc) is 3.61. The van der Waals surface area contributed by atoms with Crippen LogP contribution < -0.4 is 9.80 Å². The van der Waals surface area contributed by atoms with Crippen molar-refractivity contribution >= 4 is 44.6 Å². The van der Waals surface area contributed by atoms with E-state index >= 15 is 0 Å². The number of rotatable bonds is 2. The normalized spacial score (nSPS) is 10.0. The molecule has 0 saturated heterocycles. The number of anilines is 4. The van der Waals surface area contributed by atoms with Crippen LogP contribution in [0.25, 0.3) is 21.8 Å². The third kappa shape index (κ3) is 13.5. The number of para-hydroxylation sites is 6. The molecule has 8 rings (SSSR count). The van der Waals surface area contributed by atoms with Crippen molar-refractivity contribution in [1.29, 1.82) is 0 Å². The van der Waals surface area contributed by atoms with Gasteiger partial charge in [-0.15, -0.1) is 0 Å². The van der Waals surface area contributed by atoms with E-state index in [0.29, 0.717) is 5.92 Å². The molecule has 0 unspecified atom stereocenters.